The van der Waals surface area contributed by atoms with Crippen LogP contribution in [0.15, 0.2) is 12.1 Å². The molecule has 0 aromatic heterocycles. The number of rotatable bonds is 0. The molecule has 4 heteroatoms. The van der Waals surface area contributed by atoms with Gasteiger partial charge in [-0.2, -0.15) is 0 Å². The fraction of sp³-hybridized carbons (Fsp3) is 0.538. The lowest BCUT2D eigenvalue weighted by atomic mass is 10.1. The molecule has 2 heterocycles. The second-order valence-electron chi connectivity index (χ2n) is 4.95. The van der Waals surface area contributed by atoms with E-state index in [0.29, 0.717) is 12.1 Å². The molecule has 0 bridgehead atoms. The van der Waals surface area contributed by atoms with Crippen LogP contribution in [0.2, 0.25) is 0 Å². The SMILES string of the molecule is Cc1c(F)ccc2c1N1C(C)CNCC1C2.Cl. The van der Waals surface area contributed by atoms with E-state index in [1.165, 1.54) is 5.56 Å². The molecule has 1 aromatic rings. The average molecular weight is 257 g/mol. The predicted octanol–water partition coefficient (Wildman–Crippen LogP) is 2.28. The first-order valence-electron chi connectivity index (χ1n) is 5.95. The topological polar surface area (TPSA) is 15.3 Å². The smallest absolute Gasteiger partial charge is 0.128 e. The van der Waals surface area contributed by atoms with Gasteiger partial charge in [0.05, 0.1) is 0 Å². The summed E-state index contributed by atoms with van der Waals surface area (Å²) < 4.78 is 13.6. The molecule has 3 rings (SSSR count). The second-order valence-corrected chi connectivity index (χ2v) is 4.95. The van der Waals surface area contributed by atoms with Crippen LogP contribution in [-0.2, 0) is 6.42 Å². The minimum Gasteiger partial charge on any atom is -0.362 e. The summed E-state index contributed by atoms with van der Waals surface area (Å²) in [6.07, 6.45) is 1.05. The maximum atomic E-state index is 13.6. The first-order chi connectivity index (χ1) is 7.68. The molecular formula is C13H18ClFN2. The number of fused-ring (bicyclic) bond motifs is 3. The van der Waals surface area contributed by atoms with Crippen molar-refractivity contribution < 1.29 is 4.39 Å². The molecule has 2 unspecified atom stereocenters. The van der Waals surface area contributed by atoms with Gasteiger partial charge in [0.25, 0.3) is 0 Å². The van der Waals surface area contributed by atoms with Crippen LogP contribution in [0, 0.1) is 12.7 Å². The van der Waals surface area contributed by atoms with Crippen LogP contribution in [0.5, 0.6) is 0 Å². The lowest BCUT2D eigenvalue weighted by Gasteiger charge is -2.39. The Morgan fingerprint density at radius 3 is 2.88 bits per heavy atom. The summed E-state index contributed by atoms with van der Waals surface area (Å²) in [4.78, 5) is 2.41. The molecule has 0 amide bonds. The normalized spacial score (nSPS) is 26.2. The van der Waals surface area contributed by atoms with E-state index in [0.717, 1.165) is 30.8 Å². The highest BCUT2D eigenvalue weighted by Crippen LogP contribution is 2.38. The third kappa shape index (κ3) is 1.81. The van der Waals surface area contributed by atoms with Crippen LogP contribution < -0.4 is 10.2 Å². The zero-order valence-corrected chi connectivity index (χ0v) is 11.0. The Hall–Kier alpha value is -0.800. The number of piperazine rings is 1. The van der Waals surface area contributed by atoms with Crippen molar-refractivity contribution in [2.75, 3.05) is 18.0 Å². The van der Waals surface area contributed by atoms with E-state index in [-0.39, 0.29) is 18.2 Å². The zero-order chi connectivity index (χ0) is 11.3. The van der Waals surface area contributed by atoms with Gasteiger partial charge in [-0.3, -0.25) is 0 Å². The van der Waals surface area contributed by atoms with Gasteiger partial charge in [-0.05, 0) is 31.9 Å². The van der Waals surface area contributed by atoms with Crippen molar-refractivity contribution in [1.82, 2.24) is 5.32 Å². The van der Waals surface area contributed by atoms with Crippen molar-refractivity contribution in [2.45, 2.75) is 32.4 Å². The Labute approximate surface area is 108 Å². The third-order valence-corrected chi connectivity index (χ3v) is 3.85. The Morgan fingerprint density at radius 1 is 1.35 bits per heavy atom. The predicted molar refractivity (Wildman–Crippen MR) is 70.7 cm³/mol. The molecule has 2 aliphatic rings. The van der Waals surface area contributed by atoms with Crippen LogP contribution in [0.1, 0.15) is 18.1 Å². The first kappa shape index (κ1) is 12.7. The van der Waals surface area contributed by atoms with Gasteiger partial charge >= 0.3 is 0 Å². The van der Waals surface area contributed by atoms with Crippen molar-refractivity contribution >= 4 is 18.1 Å². The molecule has 2 nitrogen and oxygen atoms in total. The number of hydrogen-bond acceptors (Lipinski definition) is 2. The Balaban J connectivity index is 0.00000108. The molecule has 1 fully saturated rings. The van der Waals surface area contributed by atoms with Crippen LogP contribution in [0.25, 0.3) is 0 Å². The van der Waals surface area contributed by atoms with Crippen LogP contribution >= 0.6 is 12.4 Å². The van der Waals surface area contributed by atoms with Crippen molar-refractivity contribution in [3.05, 3.63) is 29.1 Å². The molecule has 94 valence electrons. The fourth-order valence-corrected chi connectivity index (χ4v) is 3.10. The monoisotopic (exact) mass is 256 g/mol. The minimum atomic E-state index is -0.0786. The van der Waals surface area contributed by atoms with Crippen molar-refractivity contribution in [1.29, 1.82) is 0 Å². The van der Waals surface area contributed by atoms with E-state index >= 15 is 0 Å². The quantitative estimate of drug-likeness (QED) is 0.766. The summed E-state index contributed by atoms with van der Waals surface area (Å²) >= 11 is 0. The van der Waals surface area contributed by atoms with Gasteiger partial charge in [0.15, 0.2) is 0 Å². The van der Waals surface area contributed by atoms with Gasteiger partial charge in [-0.15, -0.1) is 12.4 Å². The van der Waals surface area contributed by atoms with Crippen molar-refractivity contribution in [2.24, 2.45) is 0 Å². The van der Waals surface area contributed by atoms with E-state index in [1.807, 2.05) is 13.0 Å². The highest BCUT2D eigenvalue weighted by Gasteiger charge is 2.36. The van der Waals surface area contributed by atoms with Gasteiger partial charge in [0.2, 0.25) is 0 Å². The summed E-state index contributed by atoms with van der Waals surface area (Å²) in [5.41, 5.74) is 3.27. The maximum Gasteiger partial charge on any atom is 0.128 e. The molecule has 1 N–H and O–H groups in total. The highest BCUT2D eigenvalue weighted by molar-refractivity contribution is 5.85. The largest absolute Gasteiger partial charge is 0.362 e. The lowest BCUT2D eigenvalue weighted by Crippen LogP contribution is -2.55. The van der Waals surface area contributed by atoms with Gasteiger partial charge in [-0.25, -0.2) is 4.39 Å². The number of hydrogen-bond donors (Lipinski definition) is 1. The lowest BCUT2D eigenvalue weighted by molar-refractivity contribution is 0.429. The highest BCUT2D eigenvalue weighted by atomic mass is 35.5. The van der Waals surface area contributed by atoms with Crippen molar-refractivity contribution in [3.63, 3.8) is 0 Å². The maximum absolute atomic E-state index is 13.6. The molecule has 0 saturated carbocycles. The molecule has 0 aliphatic carbocycles. The second kappa shape index (κ2) is 4.46. The van der Waals surface area contributed by atoms with Gasteiger partial charge in [0, 0.05) is 36.4 Å². The fourth-order valence-electron chi connectivity index (χ4n) is 3.10. The van der Waals surface area contributed by atoms with Gasteiger partial charge in [0.1, 0.15) is 5.82 Å². The van der Waals surface area contributed by atoms with E-state index in [2.05, 4.69) is 17.1 Å². The molecule has 1 saturated heterocycles. The average Bonchev–Trinajstić information content (AvgIpc) is 2.64. The van der Waals surface area contributed by atoms with Crippen LogP contribution in [-0.4, -0.2) is 25.2 Å². The molecule has 2 atom stereocenters. The first-order valence-corrected chi connectivity index (χ1v) is 5.95. The summed E-state index contributed by atoms with van der Waals surface area (Å²) in [5, 5.41) is 3.44. The van der Waals surface area contributed by atoms with E-state index in [4.69, 9.17) is 0 Å². The van der Waals surface area contributed by atoms with Gasteiger partial charge < -0.3 is 10.2 Å². The number of anilines is 1. The Morgan fingerprint density at radius 2 is 2.12 bits per heavy atom. The van der Waals surface area contributed by atoms with E-state index in [9.17, 15) is 4.39 Å². The summed E-state index contributed by atoms with van der Waals surface area (Å²) in [5.74, 6) is -0.0786. The van der Waals surface area contributed by atoms with Crippen LogP contribution in [0.4, 0.5) is 10.1 Å². The summed E-state index contributed by atoms with van der Waals surface area (Å²) in [7, 11) is 0. The number of nitrogens with zero attached hydrogens (tertiary/aromatic N) is 1. The summed E-state index contributed by atoms with van der Waals surface area (Å²) in [6.45, 7) is 6.11. The summed E-state index contributed by atoms with van der Waals surface area (Å²) in [6, 6.07) is 4.52. The zero-order valence-electron chi connectivity index (χ0n) is 10.2. The molecule has 17 heavy (non-hydrogen) atoms. The number of benzene rings is 1. The van der Waals surface area contributed by atoms with E-state index < -0.39 is 0 Å². The molecular weight excluding hydrogens is 239 g/mol. The Bertz CT molecular complexity index is 436. The Kier molecular flexibility index (Phi) is 3.32. The molecule has 0 radical (unpaired) electrons. The minimum absolute atomic E-state index is 0. The molecule has 2 aliphatic heterocycles. The standard InChI is InChI=1S/C13H17FN2.ClH/c1-8-6-15-7-11-5-10-3-4-12(14)9(2)13(10)16(8)11;/h3-4,8,11,15H,5-7H2,1-2H3;1H. The van der Waals surface area contributed by atoms with Gasteiger partial charge in [-0.1, -0.05) is 6.07 Å². The van der Waals surface area contributed by atoms with E-state index in [1.54, 1.807) is 6.07 Å². The van der Waals surface area contributed by atoms with Crippen LogP contribution in [0.3, 0.4) is 0 Å². The number of nitrogens with one attached hydrogen (secondary N) is 1. The molecule has 1 aromatic carbocycles. The molecule has 0 spiro atoms. The van der Waals surface area contributed by atoms with Crippen molar-refractivity contribution in [3.8, 4) is 0 Å². The third-order valence-electron chi connectivity index (χ3n) is 3.85. The number of halogens is 2.